The zero-order valence-electron chi connectivity index (χ0n) is 14.2. The van der Waals surface area contributed by atoms with Gasteiger partial charge in [-0.15, -0.1) is 24.0 Å². The van der Waals surface area contributed by atoms with Gasteiger partial charge in [0.05, 0.1) is 18.2 Å². The van der Waals surface area contributed by atoms with Crippen molar-refractivity contribution >= 4 is 41.5 Å². The molecule has 1 unspecified atom stereocenters. The minimum absolute atomic E-state index is 0. The monoisotopic (exact) mass is 468 g/mol. The van der Waals surface area contributed by atoms with Gasteiger partial charge in [0.1, 0.15) is 6.61 Å². The number of nitrogens with zero attached hydrogens (tertiary/aromatic N) is 3. The molecule has 0 amide bonds. The summed E-state index contributed by atoms with van der Waals surface area (Å²) in [5.41, 5.74) is 0. The Kier molecular flexibility index (Phi) is 10.4. The lowest BCUT2D eigenvalue weighted by Crippen LogP contribution is -2.41. The van der Waals surface area contributed by atoms with Crippen LogP contribution in [0.15, 0.2) is 23.3 Å². The van der Waals surface area contributed by atoms with E-state index in [1.165, 1.54) is 0 Å². The molecule has 1 atom stereocenters. The van der Waals surface area contributed by atoms with Crippen LogP contribution in [-0.4, -0.2) is 62.3 Å². The molecule has 0 saturated carbocycles. The molecule has 1 N–H and O–H groups in total. The smallest absolute Gasteiger partial charge is 0.213 e. The topological polar surface area (TPSA) is 59.0 Å². The second-order valence-electron chi connectivity index (χ2n) is 5.51. The third kappa shape index (κ3) is 7.40. The molecule has 24 heavy (non-hydrogen) atoms. The second kappa shape index (κ2) is 11.7. The van der Waals surface area contributed by atoms with E-state index in [-0.39, 0.29) is 24.0 Å². The summed E-state index contributed by atoms with van der Waals surface area (Å²) in [6.07, 6.45) is 2.69. The summed E-state index contributed by atoms with van der Waals surface area (Å²) in [5.74, 6) is 2.04. The Balaban J connectivity index is 0.00000288. The average Bonchev–Trinajstić information content (AvgIpc) is 3.05. The Labute approximate surface area is 166 Å². The van der Waals surface area contributed by atoms with Gasteiger partial charge < -0.3 is 19.7 Å². The fraction of sp³-hybridized carbons (Fsp3) is 0.625. The van der Waals surface area contributed by atoms with Gasteiger partial charge >= 0.3 is 0 Å². The summed E-state index contributed by atoms with van der Waals surface area (Å²) in [7, 11) is 2.06. The van der Waals surface area contributed by atoms with Crippen molar-refractivity contribution in [2.75, 3.05) is 46.5 Å². The van der Waals surface area contributed by atoms with Crippen LogP contribution in [0.25, 0.3) is 0 Å². The normalized spacial score (nSPS) is 17.3. The van der Waals surface area contributed by atoms with E-state index in [0.717, 1.165) is 38.7 Å². The molecular formula is C16H26ClIN4O2. The fourth-order valence-electron chi connectivity index (χ4n) is 2.42. The maximum atomic E-state index is 5.79. The van der Waals surface area contributed by atoms with Gasteiger partial charge in [-0.05, 0) is 19.4 Å². The van der Waals surface area contributed by atoms with E-state index < -0.39 is 0 Å². The largest absolute Gasteiger partial charge is 0.476 e. The third-order valence-corrected chi connectivity index (χ3v) is 3.78. The number of ether oxygens (including phenoxy) is 2. The van der Waals surface area contributed by atoms with Crippen LogP contribution in [0, 0.1) is 5.92 Å². The van der Waals surface area contributed by atoms with Crippen molar-refractivity contribution in [1.82, 2.24) is 15.2 Å². The van der Waals surface area contributed by atoms with Crippen LogP contribution in [0.5, 0.6) is 5.88 Å². The summed E-state index contributed by atoms with van der Waals surface area (Å²) in [4.78, 5) is 10.8. The van der Waals surface area contributed by atoms with Gasteiger partial charge in [-0.2, -0.15) is 0 Å². The van der Waals surface area contributed by atoms with Crippen LogP contribution in [-0.2, 0) is 4.74 Å². The lowest BCUT2D eigenvalue weighted by atomic mass is 10.1. The lowest BCUT2D eigenvalue weighted by molar-refractivity contribution is 0.181. The minimum Gasteiger partial charge on any atom is -0.476 e. The van der Waals surface area contributed by atoms with E-state index in [1.54, 1.807) is 18.3 Å². The number of rotatable bonds is 7. The predicted octanol–water partition coefficient (Wildman–Crippen LogP) is 2.67. The van der Waals surface area contributed by atoms with E-state index in [1.807, 2.05) is 0 Å². The molecular weight excluding hydrogens is 443 g/mol. The first-order valence-corrected chi connectivity index (χ1v) is 8.38. The maximum Gasteiger partial charge on any atom is 0.213 e. The molecule has 0 spiro atoms. The third-order valence-electron chi connectivity index (χ3n) is 3.56. The minimum atomic E-state index is 0. The van der Waals surface area contributed by atoms with Crippen LogP contribution in [0.2, 0.25) is 5.02 Å². The van der Waals surface area contributed by atoms with Gasteiger partial charge in [0.15, 0.2) is 5.96 Å². The van der Waals surface area contributed by atoms with Crippen LogP contribution >= 0.6 is 35.6 Å². The molecule has 1 saturated heterocycles. The molecule has 1 aliphatic rings. The first kappa shape index (κ1) is 21.2. The van der Waals surface area contributed by atoms with E-state index in [4.69, 9.17) is 21.1 Å². The average molecular weight is 469 g/mol. The number of guanidine groups is 1. The number of hydrogen-bond donors (Lipinski definition) is 1. The number of pyridine rings is 1. The summed E-state index contributed by atoms with van der Waals surface area (Å²) >= 11 is 5.79. The van der Waals surface area contributed by atoms with Crippen molar-refractivity contribution in [2.45, 2.75) is 13.3 Å². The Hall–Kier alpha value is -0.800. The highest BCUT2D eigenvalue weighted by Crippen LogP contribution is 2.13. The molecule has 2 rings (SSSR count). The molecule has 0 bridgehead atoms. The predicted molar refractivity (Wildman–Crippen MR) is 108 cm³/mol. The Morgan fingerprint density at radius 1 is 1.54 bits per heavy atom. The van der Waals surface area contributed by atoms with Crippen LogP contribution in [0.4, 0.5) is 0 Å². The standard InChI is InChI=1S/C16H25ClN4O2.HI/c1-3-18-16(21(2)11-13-6-8-22-12-13)19-7-9-23-15-5-4-14(17)10-20-15;/h4-5,10,13H,3,6-9,11-12H2,1-2H3,(H,18,19);1H. The molecule has 1 fully saturated rings. The van der Waals surface area contributed by atoms with Gasteiger partial charge in [-0.3, -0.25) is 0 Å². The fourth-order valence-corrected chi connectivity index (χ4v) is 2.53. The number of hydrogen-bond acceptors (Lipinski definition) is 4. The number of nitrogens with one attached hydrogen (secondary N) is 1. The van der Waals surface area contributed by atoms with Crippen molar-refractivity contribution in [3.63, 3.8) is 0 Å². The highest BCUT2D eigenvalue weighted by molar-refractivity contribution is 14.0. The zero-order valence-corrected chi connectivity index (χ0v) is 17.3. The number of aliphatic imine (C=N–C) groups is 1. The Bertz CT molecular complexity index is 495. The molecule has 2 heterocycles. The van der Waals surface area contributed by atoms with E-state index in [2.05, 4.69) is 34.2 Å². The molecule has 1 aromatic heterocycles. The van der Waals surface area contributed by atoms with E-state index in [0.29, 0.717) is 30.0 Å². The van der Waals surface area contributed by atoms with Gasteiger partial charge in [0.25, 0.3) is 0 Å². The number of halogens is 2. The summed E-state index contributed by atoms with van der Waals surface area (Å²) < 4.78 is 11.0. The molecule has 136 valence electrons. The van der Waals surface area contributed by atoms with Crippen LogP contribution < -0.4 is 10.1 Å². The van der Waals surface area contributed by atoms with Crippen molar-refractivity contribution in [2.24, 2.45) is 10.9 Å². The van der Waals surface area contributed by atoms with Crippen molar-refractivity contribution in [3.05, 3.63) is 23.4 Å². The first-order valence-electron chi connectivity index (χ1n) is 8.00. The SMILES string of the molecule is CCNC(=NCCOc1ccc(Cl)cn1)N(C)CC1CCOC1.I. The van der Waals surface area contributed by atoms with Crippen molar-refractivity contribution in [3.8, 4) is 5.88 Å². The van der Waals surface area contributed by atoms with E-state index >= 15 is 0 Å². The highest BCUT2D eigenvalue weighted by Gasteiger charge is 2.18. The van der Waals surface area contributed by atoms with Gasteiger partial charge in [-0.1, -0.05) is 11.6 Å². The van der Waals surface area contributed by atoms with Crippen molar-refractivity contribution in [1.29, 1.82) is 0 Å². The molecule has 0 aromatic carbocycles. The lowest BCUT2D eigenvalue weighted by Gasteiger charge is -2.24. The summed E-state index contributed by atoms with van der Waals surface area (Å²) in [6, 6.07) is 3.51. The van der Waals surface area contributed by atoms with Gasteiger partial charge in [-0.25, -0.2) is 9.98 Å². The molecule has 0 radical (unpaired) electrons. The Morgan fingerprint density at radius 2 is 2.38 bits per heavy atom. The molecule has 8 heteroatoms. The van der Waals surface area contributed by atoms with Gasteiger partial charge in [0, 0.05) is 44.9 Å². The molecule has 6 nitrogen and oxygen atoms in total. The summed E-state index contributed by atoms with van der Waals surface area (Å²) in [6.45, 7) is 6.61. The maximum absolute atomic E-state index is 5.79. The van der Waals surface area contributed by atoms with E-state index in [9.17, 15) is 0 Å². The summed E-state index contributed by atoms with van der Waals surface area (Å²) in [5, 5.41) is 3.91. The van der Waals surface area contributed by atoms with Crippen molar-refractivity contribution < 1.29 is 9.47 Å². The second-order valence-corrected chi connectivity index (χ2v) is 5.95. The first-order chi connectivity index (χ1) is 11.2. The molecule has 1 aromatic rings. The Morgan fingerprint density at radius 3 is 3.00 bits per heavy atom. The number of aromatic nitrogens is 1. The van der Waals surface area contributed by atoms with Crippen LogP contribution in [0.1, 0.15) is 13.3 Å². The zero-order chi connectivity index (χ0) is 16.5. The quantitative estimate of drug-likeness (QED) is 0.289. The van der Waals surface area contributed by atoms with Crippen LogP contribution in [0.3, 0.4) is 0 Å². The van der Waals surface area contributed by atoms with Gasteiger partial charge in [0.2, 0.25) is 5.88 Å². The molecule has 1 aliphatic heterocycles. The molecule has 0 aliphatic carbocycles. The highest BCUT2D eigenvalue weighted by atomic mass is 127.